The minimum atomic E-state index is -1.30. The number of aromatic nitrogens is 1. The molecule has 6 heteroatoms. The fourth-order valence-corrected chi connectivity index (χ4v) is 3.20. The molecule has 5 nitrogen and oxygen atoms in total. The molecule has 0 aliphatic rings. The number of carbonyl (C=O) groups is 1. The van der Waals surface area contributed by atoms with Crippen LogP contribution in [-0.4, -0.2) is 27.4 Å². The zero-order valence-corrected chi connectivity index (χ0v) is 14.5. The number of rotatable bonds is 7. The summed E-state index contributed by atoms with van der Waals surface area (Å²) in [6.45, 7) is 6.39. The van der Waals surface area contributed by atoms with Gasteiger partial charge in [0.15, 0.2) is 0 Å². The summed E-state index contributed by atoms with van der Waals surface area (Å²) >= 11 is 0. The molecule has 1 aromatic heterocycles. The Balaban J connectivity index is 2.04. The molecule has 0 radical (unpaired) electrons. The first-order valence-corrected chi connectivity index (χ1v) is 9.13. The van der Waals surface area contributed by atoms with Gasteiger partial charge in [0.2, 0.25) is 11.8 Å². The van der Waals surface area contributed by atoms with Crippen molar-refractivity contribution in [1.29, 1.82) is 0 Å². The van der Waals surface area contributed by atoms with Crippen molar-refractivity contribution in [1.82, 2.24) is 10.3 Å². The number of benzene rings is 1. The van der Waals surface area contributed by atoms with Gasteiger partial charge in [-0.1, -0.05) is 24.6 Å². The van der Waals surface area contributed by atoms with Crippen molar-refractivity contribution in [3.05, 3.63) is 41.3 Å². The summed E-state index contributed by atoms with van der Waals surface area (Å²) < 4.78 is 17.8. The largest absolute Gasteiger partial charge is 0.441 e. The van der Waals surface area contributed by atoms with Gasteiger partial charge in [-0.2, -0.15) is 0 Å². The van der Waals surface area contributed by atoms with E-state index in [-0.39, 0.29) is 17.4 Å². The summed E-state index contributed by atoms with van der Waals surface area (Å²) in [6.07, 6.45) is 0.862. The highest BCUT2D eigenvalue weighted by Gasteiger charge is 2.15. The van der Waals surface area contributed by atoms with Crippen molar-refractivity contribution in [2.45, 2.75) is 32.9 Å². The van der Waals surface area contributed by atoms with Crippen LogP contribution >= 0.6 is 0 Å². The van der Waals surface area contributed by atoms with E-state index in [1.165, 1.54) is 0 Å². The van der Waals surface area contributed by atoms with Gasteiger partial charge in [-0.15, -0.1) is 0 Å². The molecule has 1 atom stereocenters. The zero-order valence-electron chi connectivity index (χ0n) is 13.7. The van der Waals surface area contributed by atoms with Crippen molar-refractivity contribution in [3.8, 4) is 11.5 Å². The van der Waals surface area contributed by atoms with Crippen LogP contribution in [0.4, 0.5) is 0 Å². The molecule has 23 heavy (non-hydrogen) atoms. The molecule has 1 aromatic carbocycles. The van der Waals surface area contributed by atoms with Crippen LogP contribution in [0.1, 0.15) is 30.4 Å². The summed E-state index contributed by atoms with van der Waals surface area (Å²) in [5.74, 6) is 1.19. The number of amides is 1. The second-order valence-electron chi connectivity index (χ2n) is 5.47. The molecule has 124 valence electrons. The summed E-state index contributed by atoms with van der Waals surface area (Å²) in [4.78, 5) is 16.0. The molecular formula is C17H22N2O3S. The first kappa shape index (κ1) is 17.4. The van der Waals surface area contributed by atoms with E-state index >= 15 is 0 Å². The highest BCUT2D eigenvalue weighted by atomic mass is 32.2. The standard InChI is InChI=1S/C17H22N2O3S/c1-4-8-18-16(20)11-23(21)10-15-13(3)22-17(19-15)14-7-5-6-12(2)9-14/h5-7,9H,4,8,10-11H2,1-3H3,(H,18,20)/t23-/m0/s1. The lowest BCUT2D eigenvalue weighted by molar-refractivity contribution is -0.118. The van der Waals surface area contributed by atoms with Gasteiger partial charge in [-0.3, -0.25) is 9.00 Å². The number of nitrogens with zero attached hydrogens (tertiary/aromatic N) is 1. The lowest BCUT2D eigenvalue weighted by Crippen LogP contribution is -2.29. The molecule has 0 aliphatic carbocycles. The molecule has 1 N–H and O–H groups in total. The quantitative estimate of drug-likeness (QED) is 0.845. The maximum atomic E-state index is 12.1. The molecule has 0 saturated carbocycles. The predicted octanol–water partition coefficient (Wildman–Crippen LogP) is 2.73. The number of oxazole rings is 1. The monoisotopic (exact) mass is 334 g/mol. The Bertz CT molecular complexity index is 710. The van der Waals surface area contributed by atoms with Gasteiger partial charge >= 0.3 is 0 Å². The van der Waals surface area contributed by atoms with Crippen LogP contribution in [0.5, 0.6) is 0 Å². The Morgan fingerprint density at radius 2 is 2.13 bits per heavy atom. The predicted molar refractivity (Wildman–Crippen MR) is 91.4 cm³/mol. The SMILES string of the molecule is CCCNC(=O)C[S@@](=O)Cc1nc(-c2cccc(C)c2)oc1C. The topological polar surface area (TPSA) is 72.2 Å². The summed E-state index contributed by atoms with van der Waals surface area (Å²) in [5, 5.41) is 2.73. The summed E-state index contributed by atoms with van der Waals surface area (Å²) in [6, 6.07) is 7.87. The fourth-order valence-electron chi connectivity index (χ4n) is 2.13. The molecule has 0 aliphatic heterocycles. The Morgan fingerprint density at radius 3 is 2.83 bits per heavy atom. The van der Waals surface area contributed by atoms with Crippen LogP contribution in [0.25, 0.3) is 11.5 Å². The van der Waals surface area contributed by atoms with E-state index in [2.05, 4.69) is 10.3 Å². The number of hydrogen-bond donors (Lipinski definition) is 1. The van der Waals surface area contributed by atoms with E-state index in [1.807, 2.05) is 38.1 Å². The highest BCUT2D eigenvalue weighted by Crippen LogP contribution is 2.23. The third-order valence-electron chi connectivity index (χ3n) is 3.32. The number of carbonyl (C=O) groups excluding carboxylic acids is 1. The van der Waals surface area contributed by atoms with Crippen LogP contribution in [0.3, 0.4) is 0 Å². The Morgan fingerprint density at radius 1 is 1.35 bits per heavy atom. The fraction of sp³-hybridized carbons (Fsp3) is 0.412. The average Bonchev–Trinajstić information content (AvgIpc) is 2.86. The molecule has 0 saturated heterocycles. The van der Waals surface area contributed by atoms with Gasteiger partial charge in [-0.05, 0) is 32.4 Å². The van der Waals surface area contributed by atoms with Crippen LogP contribution in [-0.2, 0) is 21.3 Å². The van der Waals surface area contributed by atoms with E-state index in [9.17, 15) is 9.00 Å². The highest BCUT2D eigenvalue weighted by molar-refractivity contribution is 7.84. The Kier molecular flexibility index (Phi) is 6.10. The first-order chi connectivity index (χ1) is 11.0. The van der Waals surface area contributed by atoms with Crippen molar-refractivity contribution in [3.63, 3.8) is 0 Å². The minimum absolute atomic E-state index is 0.00786. The van der Waals surface area contributed by atoms with Crippen LogP contribution < -0.4 is 5.32 Å². The number of hydrogen-bond acceptors (Lipinski definition) is 4. The van der Waals surface area contributed by atoms with Crippen molar-refractivity contribution in [2.24, 2.45) is 0 Å². The normalized spacial score (nSPS) is 12.1. The Hall–Kier alpha value is -1.95. The molecule has 0 bridgehead atoms. The average molecular weight is 334 g/mol. The lowest BCUT2D eigenvalue weighted by Gasteiger charge is -2.02. The first-order valence-electron chi connectivity index (χ1n) is 7.64. The second-order valence-corrected chi connectivity index (χ2v) is 6.93. The van der Waals surface area contributed by atoms with Crippen LogP contribution in [0.2, 0.25) is 0 Å². The van der Waals surface area contributed by atoms with Crippen LogP contribution in [0.15, 0.2) is 28.7 Å². The third-order valence-corrected chi connectivity index (χ3v) is 4.50. The third kappa shape index (κ3) is 5.03. The van der Waals surface area contributed by atoms with E-state index in [0.717, 1.165) is 17.5 Å². The van der Waals surface area contributed by atoms with Gasteiger partial charge in [0.05, 0.1) is 11.4 Å². The lowest BCUT2D eigenvalue weighted by atomic mass is 10.1. The van der Waals surface area contributed by atoms with Crippen molar-refractivity contribution >= 4 is 16.7 Å². The molecular weight excluding hydrogens is 312 g/mol. The van der Waals surface area contributed by atoms with Gasteiger partial charge in [0.1, 0.15) is 11.5 Å². The number of nitrogens with one attached hydrogen (secondary N) is 1. The van der Waals surface area contributed by atoms with Gasteiger partial charge in [0.25, 0.3) is 0 Å². The summed E-state index contributed by atoms with van der Waals surface area (Å²) in [5.41, 5.74) is 2.66. The van der Waals surface area contributed by atoms with E-state index in [4.69, 9.17) is 4.42 Å². The van der Waals surface area contributed by atoms with Gasteiger partial charge < -0.3 is 9.73 Å². The van der Waals surface area contributed by atoms with Crippen molar-refractivity contribution in [2.75, 3.05) is 12.3 Å². The van der Waals surface area contributed by atoms with Crippen LogP contribution in [0, 0.1) is 13.8 Å². The Labute approximate surface area is 139 Å². The molecule has 0 unspecified atom stereocenters. The number of aryl methyl sites for hydroxylation is 2. The van der Waals surface area contributed by atoms with E-state index in [1.54, 1.807) is 6.92 Å². The van der Waals surface area contributed by atoms with E-state index < -0.39 is 10.8 Å². The molecule has 2 rings (SSSR count). The molecule has 1 heterocycles. The second kappa shape index (κ2) is 8.06. The minimum Gasteiger partial charge on any atom is -0.441 e. The van der Waals surface area contributed by atoms with Gasteiger partial charge in [0, 0.05) is 22.9 Å². The van der Waals surface area contributed by atoms with Crippen molar-refractivity contribution < 1.29 is 13.4 Å². The van der Waals surface area contributed by atoms with Gasteiger partial charge in [-0.25, -0.2) is 4.98 Å². The zero-order chi connectivity index (χ0) is 16.8. The summed E-state index contributed by atoms with van der Waals surface area (Å²) in [7, 11) is -1.30. The molecule has 0 spiro atoms. The van der Waals surface area contributed by atoms with E-state index in [0.29, 0.717) is 23.9 Å². The smallest absolute Gasteiger partial charge is 0.232 e. The molecule has 0 fully saturated rings. The molecule has 2 aromatic rings. The maximum Gasteiger partial charge on any atom is 0.232 e. The molecule has 1 amide bonds. The maximum absolute atomic E-state index is 12.1.